The van der Waals surface area contributed by atoms with Crippen LogP contribution in [0.5, 0.6) is 0 Å². The van der Waals surface area contributed by atoms with Gasteiger partial charge in [-0.05, 0) is 12.1 Å². The van der Waals surface area contributed by atoms with Crippen molar-refractivity contribution >= 4 is 11.6 Å². The molecule has 0 spiro atoms. The van der Waals surface area contributed by atoms with Gasteiger partial charge in [0.05, 0.1) is 23.7 Å². The summed E-state index contributed by atoms with van der Waals surface area (Å²) in [7, 11) is 0. The molecule has 16 heavy (non-hydrogen) atoms. The molecule has 0 saturated carbocycles. The van der Waals surface area contributed by atoms with Gasteiger partial charge in [-0.3, -0.25) is 0 Å². The van der Waals surface area contributed by atoms with Gasteiger partial charge in [0.2, 0.25) is 0 Å². The monoisotopic (exact) mass is 244 g/mol. The summed E-state index contributed by atoms with van der Waals surface area (Å²) >= 11 is 6.03. The van der Waals surface area contributed by atoms with Gasteiger partial charge in [0, 0.05) is 6.42 Å². The summed E-state index contributed by atoms with van der Waals surface area (Å²) in [5, 5.41) is 2.89. The lowest BCUT2D eigenvalue weighted by atomic mass is 10.2. The lowest BCUT2D eigenvalue weighted by Crippen LogP contribution is -3.12. The number of halogens is 2. The Morgan fingerprint density at radius 2 is 2.19 bits per heavy atom. The molecule has 1 aliphatic rings. The molecule has 2 nitrogen and oxygen atoms in total. The first kappa shape index (κ1) is 11.8. The highest BCUT2D eigenvalue weighted by atomic mass is 35.5. The maximum atomic E-state index is 13.6. The molecule has 0 aliphatic carbocycles. The fourth-order valence-electron chi connectivity index (χ4n) is 2.20. The van der Waals surface area contributed by atoms with Crippen molar-refractivity contribution in [2.24, 2.45) is 0 Å². The lowest BCUT2D eigenvalue weighted by Gasteiger charge is -2.16. The molecule has 0 amide bonds. The van der Waals surface area contributed by atoms with E-state index in [1.54, 1.807) is 12.1 Å². The maximum Gasteiger partial charge on any atom is 0.133 e. The van der Waals surface area contributed by atoms with Gasteiger partial charge in [0.15, 0.2) is 0 Å². The number of nitrogens with two attached hydrogens (primary N) is 1. The standard InChI is InChI=1S/C12H16ClFN2/c13-11-3-1-4-12(14)10(11)9-16-7-2-5-15-6-8-16/h1,3-4,15H,2,5-9H2/p+2. The Labute approximate surface area is 100 Å². The quantitative estimate of drug-likeness (QED) is 0.721. The van der Waals surface area contributed by atoms with Gasteiger partial charge < -0.3 is 10.2 Å². The van der Waals surface area contributed by atoms with E-state index in [9.17, 15) is 4.39 Å². The highest BCUT2D eigenvalue weighted by Gasteiger charge is 2.17. The van der Waals surface area contributed by atoms with Crippen LogP contribution >= 0.6 is 11.6 Å². The van der Waals surface area contributed by atoms with E-state index < -0.39 is 0 Å². The first-order valence-electron chi connectivity index (χ1n) is 5.85. The number of hydrogen-bond acceptors (Lipinski definition) is 0. The number of rotatable bonds is 2. The van der Waals surface area contributed by atoms with E-state index in [2.05, 4.69) is 5.32 Å². The van der Waals surface area contributed by atoms with Crippen LogP contribution in [-0.2, 0) is 6.54 Å². The molecule has 1 atom stereocenters. The van der Waals surface area contributed by atoms with Crippen LogP contribution in [-0.4, -0.2) is 26.2 Å². The highest BCUT2D eigenvalue weighted by molar-refractivity contribution is 6.31. The van der Waals surface area contributed by atoms with Gasteiger partial charge in [-0.25, -0.2) is 4.39 Å². The van der Waals surface area contributed by atoms with E-state index in [-0.39, 0.29) is 5.82 Å². The first-order valence-corrected chi connectivity index (χ1v) is 6.23. The largest absolute Gasteiger partial charge is 0.341 e. The molecule has 0 bridgehead atoms. The Bertz CT molecular complexity index is 329. The summed E-state index contributed by atoms with van der Waals surface area (Å²) in [5.41, 5.74) is 0.668. The Balaban J connectivity index is 2.07. The number of nitrogens with one attached hydrogen (secondary N) is 1. The van der Waals surface area contributed by atoms with E-state index in [0.717, 1.165) is 19.6 Å². The van der Waals surface area contributed by atoms with Crippen molar-refractivity contribution in [3.8, 4) is 0 Å². The van der Waals surface area contributed by atoms with Gasteiger partial charge in [-0.15, -0.1) is 0 Å². The van der Waals surface area contributed by atoms with Crippen molar-refractivity contribution in [3.63, 3.8) is 0 Å². The predicted molar refractivity (Wildman–Crippen MR) is 62.1 cm³/mol. The van der Waals surface area contributed by atoms with Crippen LogP contribution in [0.4, 0.5) is 4.39 Å². The first-order chi connectivity index (χ1) is 7.77. The zero-order chi connectivity index (χ0) is 11.4. The van der Waals surface area contributed by atoms with Gasteiger partial charge in [0.1, 0.15) is 25.5 Å². The second-order valence-corrected chi connectivity index (χ2v) is 4.75. The molecule has 0 aromatic heterocycles. The van der Waals surface area contributed by atoms with Crippen LogP contribution in [0.3, 0.4) is 0 Å². The van der Waals surface area contributed by atoms with Crippen molar-refractivity contribution in [1.82, 2.24) is 0 Å². The number of hydrogen-bond donors (Lipinski definition) is 2. The zero-order valence-electron chi connectivity index (χ0n) is 9.31. The van der Waals surface area contributed by atoms with E-state index in [0.29, 0.717) is 17.1 Å². The third kappa shape index (κ3) is 2.94. The van der Waals surface area contributed by atoms with Crippen LogP contribution in [0.25, 0.3) is 0 Å². The van der Waals surface area contributed by atoms with Gasteiger partial charge in [-0.1, -0.05) is 17.7 Å². The Morgan fingerprint density at radius 3 is 3.00 bits per heavy atom. The van der Waals surface area contributed by atoms with Crippen LogP contribution < -0.4 is 10.2 Å². The van der Waals surface area contributed by atoms with Crippen molar-refractivity contribution in [2.45, 2.75) is 13.0 Å². The van der Waals surface area contributed by atoms with Gasteiger partial charge in [-0.2, -0.15) is 0 Å². The van der Waals surface area contributed by atoms with Crippen LogP contribution in [0.2, 0.25) is 5.02 Å². The smallest absolute Gasteiger partial charge is 0.133 e. The third-order valence-electron chi connectivity index (χ3n) is 3.13. The van der Waals surface area contributed by atoms with Crippen molar-refractivity contribution in [1.29, 1.82) is 0 Å². The SMILES string of the molecule is Fc1cccc(Cl)c1C[NH+]1CCC[NH2+]CC1. The summed E-state index contributed by atoms with van der Waals surface area (Å²) in [4.78, 5) is 1.43. The maximum absolute atomic E-state index is 13.6. The van der Waals surface area contributed by atoms with Crippen molar-refractivity contribution in [2.75, 3.05) is 26.2 Å². The van der Waals surface area contributed by atoms with E-state index in [1.807, 2.05) is 0 Å². The molecule has 1 aromatic carbocycles. The minimum atomic E-state index is -0.173. The van der Waals surface area contributed by atoms with Gasteiger partial charge >= 0.3 is 0 Å². The molecule has 3 N–H and O–H groups in total. The second kappa shape index (κ2) is 5.62. The summed E-state index contributed by atoms with van der Waals surface area (Å²) < 4.78 is 13.6. The predicted octanol–water partition coefficient (Wildman–Crippen LogP) is -0.169. The average Bonchev–Trinajstić information content (AvgIpc) is 2.52. The fourth-order valence-corrected chi connectivity index (χ4v) is 2.43. The molecule has 0 radical (unpaired) electrons. The Kier molecular flexibility index (Phi) is 4.16. The van der Waals surface area contributed by atoms with Crippen LogP contribution in [0.15, 0.2) is 18.2 Å². The van der Waals surface area contributed by atoms with Crippen LogP contribution in [0, 0.1) is 5.82 Å². The summed E-state index contributed by atoms with van der Waals surface area (Å²) in [6.45, 7) is 5.22. The average molecular weight is 245 g/mol. The number of quaternary nitrogens is 2. The minimum Gasteiger partial charge on any atom is -0.341 e. The molecule has 4 heteroatoms. The molecule has 2 rings (SSSR count). The molecule has 1 fully saturated rings. The Morgan fingerprint density at radius 1 is 1.31 bits per heavy atom. The topological polar surface area (TPSA) is 21.1 Å². The normalized spacial score (nSPS) is 21.8. The highest BCUT2D eigenvalue weighted by Crippen LogP contribution is 2.17. The molecule has 1 saturated heterocycles. The summed E-state index contributed by atoms with van der Waals surface area (Å²) in [6, 6.07) is 4.92. The van der Waals surface area contributed by atoms with Crippen LogP contribution in [0.1, 0.15) is 12.0 Å². The summed E-state index contributed by atoms with van der Waals surface area (Å²) in [5.74, 6) is -0.173. The van der Waals surface area contributed by atoms with E-state index in [1.165, 1.54) is 23.9 Å². The number of benzene rings is 1. The zero-order valence-corrected chi connectivity index (χ0v) is 10.1. The molecule has 88 valence electrons. The third-order valence-corrected chi connectivity index (χ3v) is 3.48. The molecule has 1 aromatic rings. The van der Waals surface area contributed by atoms with Crippen molar-refractivity contribution < 1.29 is 14.6 Å². The summed E-state index contributed by atoms with van der Waals surface area (Å²) in [6.07, 6.45) is 1.20. The van der Waals surface area contributed by atoms with Crippen molar-refractivity contribution in [3.05, 3.63) is 34.6 Å². The molecule has 1 unspecified atom stereocenters. The molecular weight excluding hydrogens is 227 g/mol. The van der Waals surface area contributed by atoms with E-state index in [4.69, 9.17) is 11.6 Å². The van der Waals surface area contributed by atoms with Gasteiger partial charge in [0.25, 0.3) is 0 Å². The lowest BCUT2D eigenvalue weighted by molar-refractivity contribution is -0.917. The molecule has 1 heterocycles. The molecular formula is C12H18ClFN2+2. The second-order valence-electron chi connectivity index (χ2n) is 4.35. The fraction of sp³-hybridized carbons (Fsp3) is 0.500. The Hall–Kier alpha value is -0.640. The van der Waals surface area contributed by atoms with E-state index >= 15 is 0 Å². The minimum absolute atomic E-state index is 0.173. The molecule has 1 aliphatic heterocycles.